The summed E-state index contributed by atoms with van der Waals surface area (Å²) in [7, 11) is 0. The summed E-state index contributed by atoms with van der Waals surface area (Å²) in [5.41, 5.74) is -4.71. The van der Waals surface area contributed by atoms with Gasteiger partial charge in [-0.1, -0.05) is 0 Å². The molecule has 1 fully saturated rings. The predicted octanol–water partition coefficient (Wildman–Crippen LogP) is 3.50. The van der Waals surface area contributed by atoms with E-state index >= 15 is 0 Å². The van der Waals surface area contributed by atoms with E-state index in [1.165, 1.54) is 0 Å². The van der Waals surface area contributed by atoms with Gasteiger partial charge in [0.05, 0.1) is 13.1 Å². The molecule has 0 unspecified atom stereocenters. The zero-order valence-corrected chi connectivity index (χ0v) is 33.0. The lowest BCUT2D eigenvalue weighted by molar-refractivity contribution is -0.168. The van der Waals surface area contributed by atoms with Crippen molar-refractivity contribution in [3.63, 3.8) is 0 Å². The van der Waals surface area contributed by atoms with Crippen LogP contribution in [0, 0.1) is 0 Å². The van der Waals surface area contributed by atoms with Crippen molar-refractivity contribution in [2.24, 2.45) is 0 Å². The van der Waals surface area contributed by atoms with Crippen LogP contribution in [0.3, 0.4) is 0 Å². The minimum Gasteiger partial charge on any atom is -0.481 e. The lowest BCUT2D eigenvalue weighted by Crippen LogP contribution is -2.62. The number of hydrogen-bond acceptors (Lipinski definition) is 13. The van der Waals surface area contributed by atoms with Gasteiger partial charge < -0.3 is 29.2 Å². The van der Waals surface area contributed by atoms with Crippen LogP contribution in [0.25, 0.3) is 0 Å². The van der Waals surface area contributed by atoms with Crippen molar-refractivity contribution in [1.29, 1.82) is 0 Å². The molecule has 0 spiro atoms. The van der Waals surface area contributed by atoms with Crippen LogP contribution in [0.2, 0.25) is 0 Å². The highest BCUT2D eigenvalue weighted by Gasteiger charge is 2.46. The summed E-state index contributed by atoms with van der Waals surface area (Å²) in [5.74, 6) is -4.81. The number of aliphatic carboxylic acids is 2. The van der Waals surface area contributed by atoms with E-state index in [9.17, 15) is 39.0 Å². The van der Waals surface area contributed by atoms with Gasteiger partial charge >= 0.3 is 35.8 Å². The number of carbonyl (C=O) groups is 6. The SMILES string of the molecule is CC(C)(C)OC(=O)CN(CC(=O)OC(C)(C)C)C1(C)CN([C@H](CCC(=O)O)C(=O)OC(C)(C)C)CCN([C@H](CCC(=O)O)C(=O)OC(C)(C)C)C1. The smallest absolute Gasteiger partial charge is 0.323 e. The summed E-state index contributed by atoms with van der Waals surface area (Å²) < 4.78 is 22.8. The molecule has 0 bridgehead atoms. The monoisotopic (exact) mass is 729 g/mol. The molecule has 0 aromatic rings. The lowest BCUT2D eigenvalue weighted by Gasteiger charge is -2.45. The van der Waals surface area contributed by atoms with E-state index in [2.05, 4.69) is 0 Å². The highest BCUT2D eigenvalue weighted by molar-refractivity contribution is 5.79. The van der Waals surface area contributed by atoms with E-state index in [1.807, 2.05) is 0 Å². The quantitative estimate of drug-likeness (QED) is 0.184. The number of nitrogens with zero attached hydrogens (tertiary/aromatic N) is 3. The van der Waals surface area contributed by atoms with Crippen LogP contribution in [0.15, 0.2) is 0 Å². The molecule has 0 aromatic heterocycles. The number of esters is 4. The van der Waals surface area contributed by atoms with Crippen LogP contribution in [0.4, 0.5) is 0 Å². The Labute approximate surface area is 303 Å². The molecule has 1 aliphatic heterocycles. The molecule has 0 saturated carbocycles. The van der Waals surface area contributed by atoms with E-state index in [-0.39, 0.29) is 65.0 Å². The molecule has 1 saturated heterocycles. The first kappa shape index (κ1) is 45.7. The number of carboxylic acid groups (broad SMARTS) is 2. The second-order valence-corrected chi connectivity index (χ2v) is 17.4. The summed E-state index contributed by atoms with van der Waals surface area (Å²) in [6, 6.07) is -2.10. The van der Waals surface area contributed by atoms with Gasteiger partial charge in [-0.15, -0.1) is 0 Å². The van der Waals surface area contributed by atoms with Crippen molar-refractivity contribution in [1.82, 2.24) is 14.7 Å². The maximum absolute atomic E-state index is 13.7. The minimum absolute atomic E-state index is 0.0125. The summed E-state index contributed by atoms with van der Waals surface area (Å²) >= 11 is 0. The Kier molecular flexibility index (Phi) is 16.1. The Bertz CT molecular complexity index is 1150. The molecule has 1 heterocycles. The molecule has 2 N–H and O–H groups in total. The second kappa shape index (κ2) is 18.0. The van der Waals surface area contributed by atoms with Crippen molar-refractivity contribution < 1.29 is 57.9 Å². The Morgan fingerprint density at radius 3 is 1.14 bits per heavy atom. The van der Waals surface area contributed by atoms with Gasteiger partial charge in [-0.05, 0) is 103 Å². The molecular weight excluding hydrogens is 666 g/mol. The van der Waals surface area contributed by atoms with Crippen molar-refractivity contribution >= 4 is 35.8 Å². The topological polar surface area (TPSA) is 190 Å². The largest absolute Gasteiger partial charge is 0.481 e. The molecular formula is C36H63N3O12. The Hall–Kier alpha value is -3.30. The Balaban J connectivity index is 3.95. The highest BCUT2D eigenvalue weighted by Crippen LogP contribution is 2.29. The molecule has 0 aliphatic carbocycles. The van der Waals surface area contributed by atoms with Crippen LogP contribution in [0.5, 0.6) is 0 Å². The zero-order chi connectivity index (χ0) is 39.8. The number of ether oxygens (including phenoxy) is 4. The molecule has 15 heteroatoms. The Morgan fingerprint density at radius 1 is 0.588 bits per heavy atom. The van der Waals surface area contributed by atoms with Crippen LogP contribution in [-0.4, -0.2) is 140 Å². The fourth-order valence-electron chi connectivity index (χ4n) is 5.73. The summed E-state index contributed by atoms with van der Waals surface area (Å²) in [6.45, 7) is 21.7. The fourth-order valence-corrected chi connectivity index (χ4v) is 5.73. The average Bonchev–Trinajstić information content (AvgIpc) is 3.03. The maximum Gasteiger partial charge on any atom is 0.323 e. The molecule has 1 aliphatic rings. The molecule has 15 nitrogen and oxygen atoms in total. The third kappa shape index (κ3) is 18.2. The highest BCUT2D eigenvalue weighted by atomic mass is 16.6. The summed E-state index contributed by atoms with van der Waals surface area (Å²) in [5, 5.41) is 19.2. The predicted molar refractivity (Wildman–Crippen MR) is 188 cm³/mol. The first-order valence-corrected chi connectivity index (χ1v) is 17.5. The summed E-state index contributed by atoms with van der Waals surface area (Å²) in [4.78, 5) is 82.8. The zero-order valence-electron chi connectivity index (χ0n) is 33.0. The van der Waals surface area contributed by atoms with Crippen molar-refractivity contribution in [2.45, 2.75) is 156 Å². The van der Waals surface area contributed by atoms with Gasteiger partial charge in [0.1, 0.15) is 34.5 Å². The van der Waals surface area contributed by atoms with Crippen molar-refractivity contribution in [3.8, 4) is 0 Å². The first-order valence-electron chi connectivity index (χ1n) is 17.5. The standard InChI is InChI=1S/C36H63N3O12/c1-32(2,3)48-28(44)20-39(21-29(45)49-33(4,5)6)36(13)22-37(24(14-16-26(40)41)30(46)50-34(7,8)9)18-19-38(23-36)25(15-17-27(42)43)31(47)51-35(10,11)12/h24-25H,14-23H2,1-13H3,(H,40,41)(H,42,43)/t24-,25-/m1/s1. The number of rotatable bonds is 15. The van der Waals surface area contributed by atoms with E-state index in [4.69, 9.17) is 18.9 Å². The lowest BCUT2D eigenvalue weighted by atomic mass is 9.95. The molecule has 0 radical (unpaired) electrons. The number of carboxylic acids is 2. The molecule has 2 atom stereocenters. The molecule has 1 rings (SSSR count). The van der Waals surface area contributed by atoms with Gasteiger partial charge in [0.15, 0.2) is 0 Å². The summed E-state index contributed by atoms with van der Waals surface area (Å²) in [6.07, 6.45) is -0.904. The van der Waals surface area contributed by atoms with Gasteiger partial charge in [-0.2, -0.15) is 0 Å². The normalized spacial score (nSPS) is 17.5. The third-order valence-corrected chi connectivity index (χ3v) is 7.51. The van der Waals surface area contributed by atoms with Crippen molar-refractivity contribution in [2.75, 3.05) is 39.3 Å². The van der Waals surface area contributed by atoms with Gasteiger partial charge in [-0.3, -0.25) is 43.5 Å². The van der Waals surface area contributed by atoms with E-state index < -0.39 is 75.8 Å². The van der Waals surface area contributed by atoms with Gasteiger partial charge in [0.2, 0.25) is 0 Å². The second-order valence-electron chi connectivity index (χ2n) is 17.4. The van der Waals surface area contributed by atoms with E-state index in [1.54, 1.807) is 105 Å². The molecule has 51 heavy (non-hydrogen) atoms. The molecule has 0 amide bonds. The van der Waals surface area contributed by atoms with Crippen molar-refractivity contribution in [3.05, 3.63) is 0 Å². The van der Waals surface area contributed by atoms with Crippen LogP contribution in [-0.2, 0) is 47.7 Å². The molecule has 0 aromatic carbocycles. The van der Waals surface area contributed by atoms with Gasteiger partial charge in [-0.25, -0.2) is 0 Å². The van der Waals surface area contributed by atoms with Crippen LogP contribution in [0.1, 0.15) is 116 Å². The first-order chi connectivity index (χ1) is 22.9. The number of hydrogen-bond donors (Lipinski definition) is 2. The van der Waals surface area contributed by atoms with Crippen LogP contribution < -0.4 is 0 Å². The van der Waals surface area contributed by atoms with E-state index in [0.717, 1.165) is 0 Å². The minimum atomic E-state index is -1.22. The maximum atomic E-state index is 13.7. The number of carbonyl (C=O) groups excluding carboxylic acids is 4. The molecule has 294 valence electrons. The third-order valence-electron chi connectivity index (χ3n) is 7.51. The van der Waals surface area contributed by atoms with E-state index in [0.29, 0.717) is 0 Å². The van der Waals surface area contributed by atoms with Gasteiger partial charge in [0, 0.05) is 44.6 Å². The van der Waals surface area contributed by atoms with Gasteiger partial charge in [0.25, 0.3) is 0 Å². The van der Waals surface area contributed by atoms with Crippen LogP contribution >= 0.6 is 0 Å². The fraction of sp³-hybridized carbons (Fsp3) is 0.833. The Morgan fingerprint density at radius 2 is 0.882 bits per heavy atom. The average molecular weight is 730 g/mol.